The number of aromatic nitrogens is 2. The molecule has 1 heterocycles. The van der Waals surface area contributed by atoms with Crippen molar-refractivity contribution < 1.29 is 0 Å². The quantitative estimate of drug-likeness (QED) is 0.671. The summed E-state index contributed by atoms with van der Waals surface area (Å²) in [6, 6.07) is 9.58. The van der Waals surface area contributed by atoms with E-state index in [1.54, 1.807) is 0 Å². The molecular formula is C11H8ClIN2O. The third-order valence-electron chi connectivity index (χ3n) is 2.09. The zero-order valence-corrected chi connectivity index (χ0v) is 11.1. The van der Waals surface area contributed by atoms with Gasteiger partial charge in [0.15, 0.2) is 0 Å². The summed E-state index contributed by atoms with van der Waals surface area (Å²) in [6.07, 6.45) is 0. The van der Waals surface area contributed by atoms with Gasteiger partial charge >= 0.3 is 0 Å². The highest BCUT2D eigenvalue weighted by molar-refractivity contribution is 14.1. The van der Waals surface area contributed by atoms with E-state index in [-0.39, 0.29) is 11.4 Å². The summed E-state index contributed by atoms with van der Waals surface area (Å²) in [7, 11) is 0. The van der Waals surface area contributed by atoms with Gasteiger partial charge < -0.3 is 4.98 Å². The molecule has 3 nitrogen and oxygen atoms in total. The summed E-state index contributed by atoms with van der Waals surface area (Å²) in [5.74, 6) is 0.692. The Bertz CT molecular complexity index is 554. The van der Waals surface area contributed by atoms with Gasteiger partial charge in [0.05, 0.1) is 11.6 Å². The Kier molecular flexibility index (Phi) is 3.60. The number of nitrogens with one attached hydrogen (secondary N) is 1. The minimum absolute atomic E-state index is 0.148. The first-order valence-electron chi connectivity index (χ1n) is 4.62. The van der Waals surface area contributed by atoms with E-state index in [2.05, 4.69) is 9.97 Å². The molecule has 1 N–H and O–H groups in total. The summed E-state index contributed by atoms with van der Waals surface area (Å²) in [4.78, 5) is 18.6. The molecule has 0 aliphatic rings. The van der Waals surface area contributed by atoms with Crippen LogP contribution in [-0.2, 0) is 5.88 Å². The van der Waals surface area contributed by atoms with Crippen LogP contribution < -0.4 is 5.56 Å². The molecule has 16 heavy (non-hydrogen) atoms. The van der Waals surface area contributed by atoms with Crippen LogP contribution in [0.2, 0.25) is 0 Å². The predicted molar refractivity (Wildman–Crippen MR) is 72.6 cm³/mol. The Hall–Kier alpha value is -0.880. The average Bonchev–Trinajstić information content (AvgIpc) is 2.33. The van der Waals surface area contributed by atoms with Crippen molar-refractivity contribution in [3.63, 3.8) is 0 Å². The van der Waals surface area contributed by atoms with Crippen molar-refractivity contribution in [2.75, 3.05) is 0 Å². The Morgan fingerprint density at radius 2 is 2.00 bits per heavy atom. The second-order valence-corrected chi connectivity index (χ2v) is 4.52. The van der Waals surface area contributed by atoms with Crippen LogP contribution in [0.4, 0.5) is 0 Å². The maximum atomic E-state index is 11.6. The van der Waals surface area contributed by atoms with Crippen molar-refractivity contribution in [2.24, 2.45) is 0 Å². The van der Waals surface area contributed by atoms with Crippen molar-refractivity contribution in [2.45, 2.75) is 5.88 Å². The summed E-state index contributed by atoms with van der Waals surface area (Å²) < 4.78 is 0.581. The minimum atomic E-state index is -0.148. The van der Waals surface area contributed by atoms with Gasteiger partial charge in [-0.3, -0.25) is 4.79 Å². The number of hydrogen-bond donors (Lipinski definition) is 1. The second-order valence-electron chi connectivity index (χ2n) is 3.17. The lowest BCUT2D eigenvalue weighted by Gasteiger charge is -2.04. The van der Waals surface area contributed by atoms with E-state index in [4.69, 9.17) is 11.6 Å². The molecule has 0 radical (unpaired) electrons. The van der Waals surface area contributed by atoms with Crippen molar-refractivity contribution in [3.8, 4) is 11.3 Å². The predicted octanol–water partition coefficient (Wildman–Crippen LogP) is 2.78. The normalized spacial score (nSPS) is 10.4. The number of benzene rings is 1. The molecule has 1 aromatic heterocycles. The van der Waals surface area contributed by atoms with Gasteiger partial charge in [0.1, 0.15) is 9.39 Å². The Labute approximate surface area is 111 Å². The number of nitrogens with zero attached hydrogens (tertiary/aromatic N) is 1. The van der Waals surface area contributed by atoms with E-state index in [1.165, 1.54) is 0 Å². The van der Waals surface area contributed by atoms with Gasteiger partial charge in [-0.05, 0) is 22.6 Å². The van der Waals surface area contributed by atoms with Crippen LogP contribution in [0, 0.1) is 3.57 Å². The van der Waals surface area contributed by atoms with Crippen molar-refractivity contribution >= 4 is 34.2 Å². The lowest BCUT2D eigenvalue weighted by atomic mass is 10.1. The van der Waals surface area contributed by atoms with E-state index in [1.807, 2.05) is 52.9 Å². The molecule has 0 unspecified atom stereocenters. The van der Waals surface area contributed by atoms with Crippen LogP contribution in [0.3, 0.4) is 0 Å². The van der Waals surface area contributed by atoms with Gasteiger partial charge in [-0.15, -0.1) is 11.6 Å². The fourth-order valence-electron chi connectivity index (χ4n) is 1.36. The zero-order chi connectivity index (χ0) is 11.5. The molecule has 0 spiro atoms. The van der Waals surface area contributed by atoms with Crippen molar-refractivity contribution in [1.82, 2.24) is 9.97 Å². The molecule has 0 aliphatic heterocycles. The van der Waals surface area contributed by atoms with E-state index in [0.717, 1.165) is 5.56 Å². The van der Waals surface area contributed by atoms with Crippen LogP contribution in [-0.4, -0.2) is 9.97 Å². The molecule has 2 rings (SSSR count). The highest BCUT2D eigenvalue weighted by Gasteiger charge is 2.09. The first-order valence-corrected chi connectivity index (χ1v) is 6.24. The van der Waals surface area contributed by atoms with Crippen molar-refractivity contribution in [1.29, 1.82) is 0 Å². The molecule has 0 atom stereocenters. The SMILES string of the molecule is O=c1[nH]c(CCl)nc(-c2ccccc2)c1I. The molecule has 1 aromatic carbocycles. The monoisotopic (exact) mass is 346 g/mol. The van der Waals surface area contributed by atoms with E-state index in [9.17, 15) is 4.79 Å². The average molecular weight is 347 g/mol. The maximum absolute atomic E-state index is 11.6. The minimum Gasteiger partial charge on any atom is -0.309 e. The van der Waals surface area contributed by atoms with E-state index < -0.39 is 0 Å². The topological polar surface area (TPSA) is 45.8 Å². The van der Waals surface area contributed by atoms with Gasteiger partial charge in [-0.25, -0.2) is 4.98 Å². The second kappa shape index (κ2) is 4.97. The Morgan fingerprint density at radius 3 is 2.62 bits per heavy atom. The Morgan fingerprint density at radius 1 is 1.31 bits per heavy atom. The number of hydrogen-bond acceptors (Lipinski definition) is 2. The molecule has 0 saturated carbocycles. The fourth-order valence-corrected chi connectivity index (χ4v) is 2.05. The molecule has 0 amide bonds. The van der Waals surface area contributed by atoms with Crippen LogP contribution >= 0.6 is 34.2 Å². The molecule has 5 heteroatoms. The third kappa shape index (κ3) is 2.27. The number of rotatable bonds is 2. The molecule has 0 fully saturated rings. The Balaban J connectivity index is 2.65. The standard InChI is InChI=1S/C11H8ClIN2O/c12-6-8-14-10(9(13)11(16)15-8)7-4-2-1-3-5-7/h1-5H,6H2,(H,14,15,16). The smallest absolute Gasteiger partial charge is 0.265 e. The lowest BCUT2D eigenvalue weighted by molar-refractivity contribution is 0.991. The highest BCUT2D eigenvalue weighted by atomic mass is 127. The van der Waals surface area contributed by atoms with Crippen LogP contribution in [0.1, 0.15) is 5.82 Å². The lowest BCUT2D eigenvalue weighted by Crippen LogP contribution is -2.15. The number of aromatic amines is 1. The zero-order valence-electron chi connectivity index (χ0n) is 8.21. The van der Waals surface area contributed by atoms with E-state index in [0.29, 0.717) is 15.1 Å². The first kappa shape index (κ1) is 11.6. The van der Waals surface area contributed by atoms with E-state index >= 15 is 0 Å². The number of H-pyrrole nitrogens is 1. The molecule has 0 saturated heterocycles. The molecular weight excluding hydrogens is 338 g/mol. The van der Waals surface area contributed by atoms with Crippen LogP contribution in [0.25, 0.3) is 11.3 Å². The number of alkyl halides is 1. The van der Waals surface area contributed by atoms with Gasteiger partial charge in [0, 0.05) is 5.56 Å². The molecule has 0 bridgehead atoms. The largest absolute Gasteiger partial charge is 0.309 e. The van der Waals surface area contributed by atoms with Gasteiger partial charge in [-0.2, -0.15) is 0 Å². The summed E-state index contributed by atoms with van der Waals surface area (Å²) >= 11 is 7.67. The molecule has 82 valence electrons. The maximum Gasteiger partial charge on any atom is 0.265 e. The number of halogens is 2. The van der Waals surface area contributed by atoms with Crippen molar-refractivity contribution in [3.05, 3.63) is 50.1 Å². The van der Waals surface area contributed by atoms with Gasteiger partial charge in [0.2, 0.25) is 0 Å². The summed E-state index contributed by atoms with van der Waals surface area (Å²) in [5, 5.41) is 0. The van der Waals surface area contributed by atoms with Crippen LogP contribution in [0.15, 0.2) is 35.1 Å². The summed E-state index contributed by atoms with van der Waals surface area (Å²) in [6.45, 7) is 0. The molecule has 0 aliphatic carbocycles. The summed E-state index contributed by atoms with van der Waals surface area (Å²) in [5.41, 5.74) is 1.45. The molecule has 2 aromatic rings. The third-order valence-corrected chi connectivity index (χ3v) is 3.34. The van der Waals surface area contributed by atoms with Gasteiger partial charge in [0.25, 0.3) is 5.56 Å². The van der Waals surface area contributed by atoms with Gasteiger partial charge in [-0.1, -0.05) is 30.3 Å². The highest BCUT2D eigenvalue weighted by Crippen LogP contribution is 2.20. The first-order chi connectivity index (χ1) is 7.72. The fraction of sp³-hybridized carbons (Fsp3) is 0.0909. The van der Waals surface area contributed by atoms with Crippen LogP contribution in [0.5, 0.6) is 0 Å².